The Morgan fingerprint density at radius 1 is 1.12 bits per heavy atom. The molecule has 4 aliphatic heterocycles. The van der Waals surface area contributed by atoms with E-state index in [0.29, 0.717) is 41.8 Å². The van der Waals surface area contributed by atoms with Gasteiger partial charge < -0.3 is 20.1 Å². The molecule has 42 heavy (non-hydrogen) atoms. The second-order valence-corrected chi connectivity index (χ2v) is 12.9. The number of allylic oxidation sites excluding steroid dienone is 1. The average molecular weight is 575 g/mol. The Kier molecular flexibility index (Phi) is 6.16. The van der Waals surface area contributed by atoms with Gasteiger partial charge in [0.2, 0.25) is 0 Å². The first-order chi connectivity index (χ1) is 20.4. The maximum atomic E-state index is 16.7. The lowest BCUT2D eigenvalue weighted by molar-refractivity contribution is 0.107. The molecule has 0 unspecified atom stereocenters. The van der Waals surface area contributed by atoms with Crippen LogP contribution in [0.15, 0.2) is 24.9 Å². The quantitative estimate of drug-likeness (QED) is 0.450. The zero-order valence-electron chi connectivity index (χ0n) is 23.7. The number of anilines is 1. The molecule has 0 spiro atoms. The first-order valence-corrected chi connectivity index (χ1v) is 15.3. The van der Waals surface area contributed by atoms with Crippen molar-refractivity contribution in [3.63, 3.8) is 0 Å². The third kappa shape index (κ3) is 4.25. The minimum atomic E-state index is -0.868. The summed E-state index contributed by atoms with van der Waals surface area (Å²) in [6, 6.07) is 4.12. The number of fused-ring (bicyclic) bond motifs is 5. The Labute approximate surface area is 243 Å². The predicted molar refractivity (Wildman–Crippen MR) is 157 cm³/mol. The maximum absolute atomic E-state index is 16.7. The van der Waals surface area contributed by atoms with Crippen molar-refractivity contribution in [3.05, 3.63) is 41.9 Å². The fourth-order valence-corrected chi connectivity index (χ4v) is 8.24. The zero-order chi connectivity index (χ0) is 28.6. The highest BCUT2D eigenvalue weighted by Crippen LogP contribution is 2.43. The Hall–Kier alpha value is -3.37. The number of benzene rings is 1. The van der Waals surface area contributed by atoms with Crippen LogP contribution in [0.4, 0.5) is 14.6 Å². The molecule has 6 heterocycles. The largest absolute Gasteiger partial charge is 0.508 e. The number of nitrogens with zero attached hydrogens (tertiary/aromatic N) is 5. The third-order valence-electron chi connectivity index (χ3n) is 10.1. The van der Waals surface area contributed by atoms with Gasteiger partial charge in [0.1, 0.15) is 35.6 Å². The molecule has 5 aliphatic rings. The number of hydrogen-bond acceptors (Lipinski definition) is 8. The summed E-state index contributed by atoms with van der Waals surface area (Å²) >= 11 is 0. The van der Waals surface area contributed by atoms with Crippen LogP contribution in [0.1, 0.15) is 56.1 Å². The monoisotopic (exact) mass is 574 g/mol. The molecule has 1 aromatic carbocycles. The topological polar surface area (TPSA) is 86.6 Å². The summed E-state index contributed by atoms with van der Waals surface area (Å²) in [4.78, 5) is 18.5. The Bertz CT molecular complexity index is 1590. The number of rotatable bonds is 5. The fourth-order valence-electron chi connectivity index (χ4n) is 8.24. The zero-order valence-corrected chi connectivity index (χ0v) is 23.7. The second-order valence-electron chi connectivity index (χ2n) is 12.9. The number of alkyl halides is 1. The molecule has 1 aliphatic carbocycles. The molecule has 2 N–H and O–H groups in total. The van der Waals surface area contributed by atoms with Crippen molar-refractivity contribution >= 4 is 22.3 Å². The summed E-state index contributed by atoms with van der Waals surface area (Å²) in [7, 11) is 0. The van der Waals surface area contributed by atoms with Crippen LogP contribution in [0.3, 0.4) is 0 Å². The molecule has 4 atom stereocenters. The van der Waals surface area contributed by atoms with Crippen molar-refractivity contribution in [1.29, 1.82) is 0 Å². The number of hydrogen-bond donors (Lipinski definition) is 2. The number of aromatic nitrogens is 3. The summed E-state index contributed by atoms with van der Waals surface area (Å²) in [6.07, 6.45) is 7.83. The van der Waals surface area contributed by atoms with Crippen LogP contribution in [0.25, 0.3) is 27.7 Å². The number of nitrogens with one attached hydrogen (secondary N) is 1. The lowest BCUT2D eigenvalue weighted by Crippen LogP contribution is -2.51. The smallest absolute Gasteiger partial charge is 0.319 e. The van der Waals surface area contributed by atoms with E-state index in [0.717, 1.165) is 81.3 Å². The summed E-state index contributed by atoms with van der Waals surface area (Å²) in [6.45, 7) is 7.32. The van der Waals surface area contributed by atoms with E-state index in [9.17, 15) is 9.50 Å². The Morgan fingerprint density at radius 2 is 1.95 bits per heavy atom. The van der Waals surface area contributed by atoms with E-state index in [-0.39, 0.29) is 35.1 Å². The molecule has 0 radical (unpaired) electrons. The summed E-state index contributed by atoms with van der Waals surface area (Å²) in [5.74, 6) is 0.117. The number of phenolic OH excluding ortho intramolecular Hbond substituents is 1. The minimum Gasteiger partial charge on any atom is -0.508 e. The van der Waals surface area contributed by atoms with E-state index in [1.54, 1.807) is 18.3 Å². The molecule has 3 aromatic rings. The van der Waals surface area contributed by atoms with Crippen LogP contribution in [0.5, 0.6) is 11.8 Å². The van der Waals surface area contributed by atoms with E-state index < -0.39 is 12.0 Å². The van der Waals surface area contributed by atoms with Gasteiger partial charge in [-0.1, -0.05) is 6.58 Å². The molecule has 2 aromatic heterocycles. The van der Waals surface area contributed by atoms with Gasteiger partial charge in [-0.25, -0.2) is 8.78 Å². The number of aromatic hydroxyl groups is 1. The summed E-state index contributed by atoms with van der Waals surface area (Å²) in [5.41, 5.74) is 3.16. The van der Waals surface area contributed by atoms with Crippen LogP contribution in [-0.4, -0.2) is 81.5 Å². The average Bonchev–Trinajstić information content (AvgIpc) is 3.61. The first kappa shape index (κ1) is 26.3. The van der Waals surface area contributed by atoms with E-state index >= 15 is 4.39 Å². The van der Waals surface area contributed by atoms with Crippen LogP contribution in [-0.2, 0) is 6.42 Å². The number of ether oxygens (including phenoxy) is 1. The standard InChI is InChI=1S/C32H36F2N6O2/c1-18-4-2-5-19-10-23(41)11-24(26(18)19)28-27(34)29-25(13-35-28)30(39-15-21-6-7-22(16-39)36-21)38-31(37-29)42-17-32-8-3-9-40(32)14-20(33)12-32/h10-11,13,20-22,36,41H,1-9,12,14-17H2/t20-,21-,22+,32+/m1/s1. The maximum Gasteiger partial charge on any atom is 0.319 e. The molecule has 0 saturated carbocycles. The SMILES string of the molecule is C=C1CCCc2cc(O)cc(-c3ncc4c(N5C[C@H]6CC[C@@H](C5)N6)nc(OC[C@@]56CCCN5C[C@H](F)C6)nc4c3F)c21. The van der Waals surface area contributed by atoms with Crippen molar-refractivity contribution in [2.45, 2.75) is 75.2 Å². The number of phenols is 1. The molecular weight excluding hydrogens is 538 g/mol. The van der Waals surface area contributed by atoms with Crippen LogP contribution in [0, 0.1) is 5.82 Å². The second kappa shape index (κ2) is 9.84. The highest BCUT2D eigenvalue weighted by molar-refractivity contribution is 5.93. The molecular formula is C32H36F2N6O2. The van der Waals surface area contributed by atoms with Crippen LogP contribution in [0.2, 0.25) is 0 Å². The van der Waals surface area contributed by atoms with Gasteiger partial charge in [0.25, 0.3) is 0 Å². The van der Waals surface area contributed by atoms with Crippen molar-refractivity contribution in [3.8, 4) is 23.0 Å². The van der Waals surface area contributed by atoms with Crippen LogP contribution >= 0.6 is 0 Å². The minimum absolute atomic E-state index is 0.0755. The lowest BCUT2D eigenvalue weighted by Gasteiger charge is -2.34. The Morgan fingerprint density at radius 3 is 2.79 bits per heavy atom. The molecule has 10 heteroatoms. The van der Waals surface area contributed by atoms with Crippen molar-refractivity contribution in [2.75, 3.05) is 37.7 Å². The van der Waals surface area contributed by atoms with Gasteiger partial charge in [0.05, 0.1) is 10.9 Å². The van der Waals surface area contributed by atoms with Gasteiger partial charge >= 0.3 is 6.01 Å². The molecule has 2 bridgehead atoms. The van der Waals surface area contributed by atoms with Crippen LogP contribution < -0.4 is 15.0 Å². The lowest BCUT2D eigenvalue weighted by atomic mass is 9.83. The number of aryl methyl sites for hydroxylation is 1. The van der Waals surface area contributed by atoms with Gasteiger partial charge in [-0.15, -0.1) is 0 Å². The normalized spacial score (nSPS) is 28.9. The van der Waals surface area contributed by atoms with E-state index in [1.165, 1.54) is 0 Å². The van der Waals surface area contributed by atoms with E-state index in [1.807, 2.05) is 0 Å². The van der Waals surface area contributed by atoms with Gasteiger partial charge in [-0.3, -0.25) is 9.88 Å². The summed E-state index contributed by atoms with van der Waals surface area (Å²) in [5, 5.41) is 14.7. The fraction of sp³-hybridized carbons (Fsp3) is 0.531. The molecule has 8 rings (SSSR count). The summed E-state index contributed by atoms with van der Waals surface area (Å²) < 4.78 is 37.4. The van der Waals surface area contributed by atoms with Crippen molar-refractivity contribution in [2.24, 2.45) is 0 Å². The molecule has 4 saturated heterocycles. The number of pyridine rings is 1. The van der Waals surface area contributed by atoms with Gasteiger partial charge in [0.15, 0.2) is 5.82 Å². The van der Waals surface area contributed by atoms with Crippen molar-refractivity contribution in [1.82, 2.24) is 25.2 Å². The molecule has 4 fully saturated rings. The highest BCUT2D eigenvalue weighted by atomic mass is 19.1. The predicted octanol–water partition coefficient (Wildman–Crippen LogP) is 4.78. The molecule has 8 nitrogen and oxygen atoms in total. The van der Waals surface area contributed by atoms with Gasteiger partial charge in [-0.2, -0.15) is 9.97 Å². The molecule has 220 valence electrons. The first-order valence-electron chi connectivity index (χ1n) is 15.3. The Balaban J connectivity index is 1.24. The van der Waals surface area contributed by atoms with Gasteiger partial charge in [0, 0.05) is 49.9 Å². The number of halogens is 2. The third-order valence-corrected chi connectivity index (χ3v) is 10.1. The molecule has 0 amide bonds. The highest BCUT2D eigenvalue weighted by Gasteiger charge is 2.49. The number of piperazine rings is 1. The van der Waals surface area contributed by atoms with E-state index in [2.05, 4.69) is 31.7 Å². The van der Waals surface area contributed by atoms with Gasteiger partial charge in [-0.05, 0) is 80.3 Å². The van der Waals surface area contributed by atoms with E-state index in [4.69, 9.17) is 9.72 Å². The van der Waals surface area contributed by atoms with Crippen molar-refractivity contribution < 1.29 is 18.6 Å².